The first-order chi connectivity index (χ1) is 9.29. The fraction of sp³-hybridized carbons (Fsp3) is 0.154. The lowest BCUT2D eigenvalue weighted by Gasteiger charge is -2.08. The van der Waals surface area contributed by atoms with E-state index in [1.165, 1.54) is 6.33 Å². The smallest absolute Gasteiger partial charge is 0.165 e. The SMILES string of the molecule is COc1ccccc1Cn1cnc2c(Cl)ncnc21. The summed E-state index contributed by atoms with van der Waals surface area (Å²) in [6.45, 7) is 0.619. The Morgan fingerprint density at radius 3 is 2.89 bits per heavy atom. The Bertz CT molecular complexity index is 725. The Kier molecular flexibility index (Phi) is 3.05. The first kappa shape index (κ1) is 11.9. The topological polar surface area (TPSA) is 52.8 Å². The molecule has 1 aromatic carbocycles. The van der Waals surface area contributed by atoms with Gasteiger partial charge in [-0.25, -0.2) is 15.0 Å². The number of para-hydroxylation sites is 1. The predicted octanol–water partition coefficient (Wildman–Crippen LogP) is 2.54. The van der Waals surface area contributed by atoms with Gasteiger partial charge in [-0.3, -0.25) is 0 Å². The van der Waals surface area contributed by atoms with E-state index in [0.29, 0.717) is 22.9 Å². The van der Waals surface area contributed by atoms with Crippen LogP contribution in [0.2, 0.25) is 5.15 Å². The number of aromatic nitrogens is 4. The molecule has 6 heteroatoms. The molecule has 0 saturated heterocycles. The minimum Gasteiger partial charge on any atom is -0.496 e. The first-order valence-corrected chi connectivity index (χ1v) is 6.10. The van der Waals surface area contributed by atoms with Crippen molar-refractivity contribution in [3.63, 3.8) is 0 Å². The molecule has 0 saturated carbocycles. The van der Waals surface area contributed by atoms with Crippen molar-refractivity contribution >= 4 is 22.8 Å². The number of benzene rings is 1. The maximum absolute atomic E-state index is 5.98. The summed E-state index contributed by atoms with van der Waals surface area (Å²) < 4.78 is 7.25. The Labute approximate surface area is 114 Å². The molecule has 0 amide bonds. The van der Waals surface area contributed by atoms with E-state index in [1.807, 2.05) is 28.8 Å². The van der Waals surface area contributed by atoms with E-state index in [9.17, 15) is 0 Å². The van der Waals surface area contributed by atoms with Gasteiger partial charge in [0.2, 0.25) is 0 Å². The molecule has 0 radical (unpaired) electrons. The van der Waals surface area contributed by atoms with Gasteiger partial charge in [0.15, 0.2) is 10.8 Å². The van der Waals surface area contributed by atoms with Crippen LogP contribution in [0.3, 0.4) is 0 Å². The number of hydrogen-bond acceptors (Lipinski definition) is 4. The molecular formula is C13H11ClN4O. The zero-order valence-corrected chi connectivity index (χ0v) is 11.0. The standard InChI is InChI=1S/C13H11ClN4O/c1-19-10-5-3-2-4-9(10)6-18-8-17-11-12(14)15-7-16-13(11)18/h2-5,7-8H,6H2,1H3. The summed E-state index contributed by atoms with van der Waals surface area (Å²) in [5, 5.41) is 0.365. The number of methoxy groups -OCH3 is 1. The molecule has 0 atom stereocenters. The van der Waals surface area contributed by atoms with Gasteiger partial charge in [0, 0.05) is 5.56 Å². The summed E-state index contributed by atoms with van der Waals surface area (Å²) in [6, 6.07) is 7.84. The highest BCUT2D eigenvalue weighted by Gasteiger charge is 2.10. The molecule has 0 aliphatic carbocycles. The highest BCUT2D eigenvalue weighted by Crippen LogP contribution is 2.22. The molecule has 2 aromatic heterocycles. The monoisotopic (exact) mass is 274 g/mol. The molecule has 96 valence electrons. The lowest BCUT2D eigenvalue weighted by Crippen LogP contribution is -2.01. The molecule has 0 N–H and O–H groups in total. The molecule has 3 rings (SSSR count). The van der Waals surface area contributed by atoms with Crippen molar-refractivity contribution in [3.8, 4) is 5.75 Å². The van der Waals surface area contributed by atoms with Crippen molar-refractivity contribution in [1.82, 2.24) is 19.5 Å². The van der Waals surface area contributed by atoms with Crippen molar-refractivity contribution in [2.45, 2.75) is 6.54 Å². The molecule has 0 aliphatic heterocycles. The Balaban J connectivity index is 2.04. The summed E-state index contributed by atoms with van der Waals surface area (Å²) in [7, 11) is 1.66. The molecule has 0 unspecified atom stereocenters. The lowest BCUT2D eigenvalue weighted by atomic mass is 10.2. The van der Waals surface area contributed by atoms with Gasteiger partial charge in [0.25, 0.3) is 0 Å². The van der Waals surface area contributed by atoms with Crippen LogP contribution in [0, 0.1) is 0 Å². The summed E-state index contributed by atoms with van der Waals surface area (Å²) in [5.74, 6) is 0.838. The van der Waals surface area contributed by atoms with Gasteiger partial charge >= 0.3 is 0 Å². The van der Waals surface area contributed by atoms with Gasteiger partial charge in [-0.15, -0.1) is 0 Å². The zero-order chi connectivity index (χ0) is 13.2. The second kappa shape index (κ2) is 4.85. The average molecular weight is 275 g/mol. The van der Waals surface area contributed by atoms with Crippen molar-refractivity contribution in [3.05, 3.63) is 47.6 Å². The number of hydrogen-bond donors (Lipinski definition) is 0. The third-order valence-electron chi connectivity index (χ3n) is 2.89. The molecular weight excluding hydrogens is 264 g/mol. The van der Waals surface area contributed by atoms with Gasteiger partial charge in [-0.05, 0) is 6.07 Å². The minimum atomic E-state index is 0.365. The Morgan fingerprint density at radius 1 is 1.21 bits per heavy atom. The fourth-order valence-corrected chi connectivity index (χ4v) is 2.16. The largest absolute Gasteiger partial charge is 0.496 e. The number of fused-ring (bicyclic) bond motifs is 1. The van der Waals surface area contributed by atoms with Crippen molar-refractivity contribution in [2.24, 2.45) is 0 Å². The van der Waals surface area contributed by atoms with Gasteiger partial charge in [-0.2, -0.15) is 0 Å². The average Bonchev–Trinajstić information content (AvgIpc) is 2.84. The fourth-order valence-electron chi connectivity index (χ4n) is 1.98. The van der Waals surface area contributed by atoms with E-state index in [2.05, 4.69) is 15.0 Å². The molecule has 3 aromatic rings. The van der Waals surface area contributed by atoms with Crippen LogP contribution in [-0.4, -0.2) is 26.6 Å². The molecule has 0 spiro atoms. The molecule has 5 nitrogen and oxygen atoms in total. The van der Waals surface area contributed by atoms with Gasteiger partial charge in [-0.1, -0.05) is 29.8 Å². The molecule has 0 aliphatic rings. The van der Waals surface area contributed by atoms with Crippen molar-refractivity contribution < 1.29 is 4.74 Å². The number of nitrogens with zero attached hydrogens (tertiary/aromatic N) is 4. The zero-order valence-electron chi connectivity index (χ0n) is 10.2. The van der Waals surface area contributed by atoms with Crippen LogP contribution in [0.15, 0.2) is 36.9 Å². The summed E-state index contributed by atoms with van der Waals surface area (Å²) >= 11 is 5.98. The van der Waals surface area contributed by atoms with Crippen LogP contribution in [0.5, 0.6) is 5.75 Å². The van der Waals surface area contributed by atoms with Crippen LogP contribution in [0.25, 0.3) is 11.2 Å². The van der Waals surface area contributed by atoms with E-state index in [4.69, 9.17) is 16.3 Å². The van der Waals surface area contributed by atoms with Crippen LogP contribution in [-0.2, 0) is 6.54 Å². The normalized spacial score (nSPS) is 10.8. The maximum atomic E-state index is 5.98. The number of imidazole rings is 1. The van der Waals surface area contributed by atoms with Crippen molar-refractivity contribution in [1.29, 1.82) is 0 Å². The second-order valence-electron chi connectivity index (χ2n) is 4.02. The van der Waals surface area contributed by atoms with Crippen LogP contribution < -0.4 is 4.74 Å². The maximum Gasteiger partial charge on any atom is 0.165 e. The Morgan fingerprint density at radius 2 is 2.05 bits per heavy atom. The third-order valence-corrected chi connectivity index (χ3v) is 3.17. The summed E-state index contributed by atoms with van der Waals surface area (Å²) in [6.07, 6.45) is 3.14. The van der Waals surface area contributed by atoms with Crippen molar-refractivity contribution in [2.75, 3.05) is 7.11 Å². The predicted molar refractivity (Wildman–Crippen MR) is 72.4 cm³/mol. The summed E-state index contributed by atoms with van der Waals surface area (Å²) in [4.78, 5) is 12.4. The summed E-state index contributed by atoms with van der Waals surface area (Å²) in [5.41, 5.74) is 2.38. The Hall–Kier alpha value is -2.14. The number of ether oxygens (including phenoxy) is 1. The highest BCUT2D eigenvalue weighted by molar-refractivity contribution is 6.33. The quantitative estimate of drug-likeness (QED) is 0.689. The number of rotatable bonds is 3. The van der Waals surface area contributed by atoms with E-state index in [-0.39, 0.29) is 0 Å². The van der Waals surface area contributed by atoms with Crippen LogP contribution in [0.1, 0.15) is 5.56 Å². The lowest BCUT2D eigenvalue weighted by molar-refractivity contribution is 0.408. The third kappa shape index (κ3) is 2.13. The van der Waals surface area contributed by atoms with Gasteiger partial charge in [0.05, 0.1) is 20.0 Å². The molecule has 0 fully saturated rings. The minimum absolute atomic E-state index is 0.365. The number of halogens is 1. The molecule has 19 heavy (non-hydrogen) atoms. The van der Waals surface area contributed by atoms with E-state index < -0.39 is 0 Å². The van der Waals surface area contributed by atoms with Gasteiger partial charge in [0.1, 0.15) is 17.6 Å². The molecule has 0 bridgehead atoms. The van der Waals surface area contributed by atoms with E-state index in [0.717, 1.165) is 11.3 Å². The van der Waals surface area contributed by atoms with Crippen LogP contribution >= 0.6 is 11.6 Å². The van der Waals surface area contributed by atoms with Gasteiger partial charge < -0.3 is 9.30 Å². The van der Waals surface area contributed by atoms with Crippen LogP contribution in [0.4, 0.5) is 0 Å². The highest BCUT2D eigenvalue weighted by atomic mass is 35.5. The van der Waals surface area contributed by atoms with E-state index >= 15 is 0 Å². The first-order valence-electron chi connectivity index (χ1n) is 5.73. The second-order valence-corrected chi connectivity index (χ2v) is 4.38. The van der Waals surface area contributed by atoms with E-state index in [1.54, 1.807) is 13.4 Å². The molecule has 2 heterocycles.